The first kappa shape index (κ1) is 20.4. The minimum atomic E-state index is 0.103. The number of benzene rings is 2. The van der Waals surface area contributed by atoms with Crippen molar-refractivity contribution in [1.29, 1.82) is 0 Å². The van der Waals surface area contributed by atoms with Crippen LogP contribution in [0.5, 0.6) is 0 Å². The van der Waals surface area contributed by atoms with Crippen molar-refractivity contribution in [1.82, 2.24) is 19.6 Å². The van der Waals surface area contributed by atoms with E-state index in [1.807, 2.05) is 9.58 Å². The summed E-state index contributed by atoms with van der Waals surface area (Å²) >= 11 is 0. The van der Waals surface area contributed by atoms with Gasteiger partial charge in [-0.05, 0) is 37.5 Å². The number of aryl methyl sites for hydroxylation is 1. The summed E-state index contributed by atoms with van der Waals surface area (Å²) in [6.07, 6.45) is 3.50. The van der Waals surface area contributed by atoms with E-state index in [-0.39, 0.29) is 5.91 Å². The number of carbonyl (C=O) groups excluding carboxylic acids is 1. The molecule has 0 spiro atoms. The fourth-order valence-corrected chi connectivity index (χ4v) is 4.15. The van der Waals surface area contributed by atoms with Crippen LogP contribution < -0.4 is 0 Å². The van der Waals surface area contributed by atoms with Crippen LogP contribution in [0.15, 0.2) is 60.8 Å². The third-order valence-corrected chi connectivity index (χ3v) is 5.84. The second kappa shape index (κ2) is 9.26. The van der Waals surface area contributed by atoms with Gasteiger partial charge < -0.3 is 4.90 Å². The van der Waals surface area contributed by atoms with E-state index in [1.54, 1.807) is 6.20 Å². The van der Waals surface area contributed by atoms with Gasteiger partial charge in [-0.15, -0.1) is 0 Å². The van der Waals surface area contributed by atoms with Crippen LogP contribution >= 0.6 is 0 Å². The predicted octanol–water partition coefficient (Wildman–Crippen LogP) is 4.09. The minimum Gasteiger partial charge on any atom is -0.337 e. The third kappa shape index (κ3) is 4.46. The zero-order chi connectivity index (χ0) is 20.9. The predicted molar refractivity (Wildman–Crippen MR) is 120 cm³/mol. The van der Waals surface area contributed by atoms with Crippen LogP contribution in [0.3, 0.4) is 0 Å². The molecular formula is C25H30N4O. The van der Waals surface area contributed by atoms with Gasteiger partial charge in [0.2, 0.25) is 0 Å². The van der Waals surface area contributed by atoms with Crippen LogP contribution in [0.25, 0.3) is 5.69 Å². The Morgan fingerprint density at radius 3 is 2.47 bits per heavy atom. The topological polar surface area (TPSA) is 41.4 Å². The summed E-state index contributed by atoms with van der Waals surface area (Å²) in [6.45, 7) is 8.56. The zero-order valence-corrected chi connectivity index (χ0v) is 17.9. The largest absolute Gasteiger partial charge is 0.337 e. The number of nitrogens with zero attached hydrogens (tertiary/aromatic N) is 4. The van der Waals surface area contributed by atoms with Crippen molar-refractivity contribution in [2.45, 2.75) is 33.2 Å². The van der Waals surface area contributed by atoms with Gasteiger partial charge in [-0.3, -0.25) is 9.69 Å². The summed E-state index contributed by atoms with van der Waals surface area (Å²) in [5.41, 5.74) is 5.25. The molecule has 1 saturated heterocycles. The number of carbonyl (C=O) groups is 1. The Morgan fingerprint density at radius 2 is 1.73 bits per heavy atom. The highest BCUT2D eigenvalue weighted by Gasteiger charge is 2.24. The molecule has 0 radical (unpaired) electrons. The normalized spacial score (nSPS) is 15.2. The molecule has 1 aromatic heterocycles. The van der Waals surface area contributed by atoms with E-state index in [0.717, 1.165) is 62.5 Å². The number of rotatable bonds is 5. The highest BCUT2D eigenvalue weighted by Crippen LogP contribution is 2.19. The molecule has 2 aromatic carbocycles. The van der Waals surface area contributed by atoms with Gasteiger partial charge in [-0.1, -0.05) is 55.0 Å². The van der Waals surface area contributed by atoms with E-state index < -0.39 is 0 Å². The number of hydrogen-bond acceptors (Lipinski definition) is 3. The van der Waals surface area contributed by atoms with Crippen LogP contribution in [0.1, 0.15) is 40.5 Å². The van der Waals surface area contributed by atoms with Gasteiger partial charge >= 0.3 is 0 Å². The van der Waals surface area contributed by atoms with E-state index in [9.17, 15) is 4.79 Å². The van der Waals surface area contributed by atoms with Crippen LogP contribution in [-0.4, -0.2) is 51.7 Å². The van der Waals surface area contributed by atoms with E-state index in [1.165, 1.54) is 11.1 Å². The van der Waals surface area contributed by atoms with E-state index in [0.29, 0.717) is 0 Å². The van der Waals surface area contributed by atoms with Gasteiger partial charge in [0, 0.05) is 32.7 Å². The lowest BCUT2D eigenvalue weighted by Gasteiger charge is -2.22. The van der Waals surface area contributed by atoms with Gasteiger partial charge in [0.1, 0.15) is 0 Å². The lowest BCUT2D eigenvalue weighted by molar-refractivity contribution is 0.0760. The molecule has 0 saturated carbocycles. The first-order valence-corrected chi connectivity index (χ1v) is 10.8. The zero-order valence-electron chi connectivity index (χ0n) is 17.9. The number of hydrogen-bond donors (Lipinski definition) is 0. The molecule has 3 aromatic rings. The molecule has 5 heteroatoms. The van der Waals surface area contributed by atoms with Crippen molar-refractivity contribution < 1.29 is 4.79 Å². The summed E-state index contributed by atoms with van der Waals surface area (Å²) in [5.74, 6) is 0.103. The van der Waals surface area contributed by atoms with E-state index in [4.69, 9.17) is 0 Å². The maximum Gasteiger partial charge on any atom is 0.257 e. The lowest BCUT2D eigenvalue weighted by Crippen LogP contribution is -2.35. The van der Waals surface area contributed by atoms with Gasteiger partial charge in [-0.25, -0.2) is 4.68 Å². The fraction of sp³-hybridized carbons (Fsp3) is 0.360. The van der Waals surface area contributed by atoms with Crippen LogP contribution in [0.4, 0.5) is 0 Å². The van der Waals surface area contributed by atoms with Crippen LogP contribution in [0, 0.1) is 6.92 Å². The first-order chi connectivity index (χ1) is 14.7. The molecule has 0 unspecified atom stereocenters. The van der Waals surface area contributed by atoms with Crippen molar-refractivity contribution in [2.75, 3.05) is 26.2 Å². The van der Waals surface area contributed by atoms with Crippen molar-refractivity contribution in [3.63, 3.8) is 0 Å². The van der Waals surface area contributed by atoms with Gasteiger partial charge in [0.25, 0.3) is 5.91 Å². The molecule has 156 valence electrons. The van der Waals surface area contributed by atoms with Crippen LogP contribution in [-0.2, 0) is 13.0 Å². The quantitative estimate of drug-likeness (QED) is 0.645. The highest BCUT2D eigenvalue weighted by molar-refractivity contribution is 5.95. The molecular weight excluding hydrogens is 372 g/mol. The van der Waals surface area contributed by atoms with Gasteiger partial charge in [0.15, 0.2) is 0 Å². The molecule has 1 amide bonds. The molecule has 30 heavy (non-hydrogen) atoms. The number of aromatic nitrogens is 2. The maximum absolute atomic E-state index is 13.4. The minimum absolute atomic E-state index is 0.103. The smallest absolute Gasteiger partial charge is 0.257 e. The Labute approximate surface area is 178 Å². The Kier molecular flexibility index (Phi) is 6.29. The first-order valence-electron chi connectivity index (χ1n) is 10.8. The third-order valence-electron chi connectivity index (χ3n) is 5.84. The summed E-state index contributed by atoms with van der Waals surface area (Å²) in [5, 5.41) is 4.56. The van der Waals surface area contributed by atoms with E-state index >= 15 is 0 Å². The molecule has 1 aliphatic heterocycles. The molecule has 1 fully saturated rings. The summed E-state index contributed by atoms with van der Waals surface area (Å²) in [6, 6.07) is 18.8. The fourth-order valence-electron chi connectivity index (χ4n) is 4.15. The Hall–Kier alpha value is -2.92. The van der Waals surface area contributed by atoms with Crippen molar-refractivity contribution in [3.05, 3.63) is 83.2 Å². The molecule has 4 rings (SSSR count). The molecule has 0 aliphatic carbocycles. The van der Waals surface area contributed by atoms with Gasteiger partial charge in [0.05, 0.1) is 23.1 Å². The molecule has 0 atom stereocenters. The second-order valence-electron chi connectivity index (χ2n) is 8.01. The molecule has 2 heterocycles. The maximum atomic E-state index is 13.4. The standard InChI is InChI=1S/C25H30N4O/c1-3-24-23(18-26-29(24)22-12-10-20(2)11-13-22)25(30)28-15-7-14-27(16-17-28)19-21-8-5-4-6-9-21/h4-6,8-13,18H,3,7,14-17,19H2,1-2H3. The molecule has 5 nitrogen and oxygen atoms in total. The van der Waals surface area contributed by atoms with Crippen molar-refractivity contribution >= 4 is 5.91 Å². The van der Waals surface area contributed by atoms with Crippen molar-refractivity contribution in [2.24, 2.45) is 0 Å². The second-order valence-corrected chi connectivity index (χ2v) is 8.01. The molecule has 0 N–H and O–H groups in total. The molecule has 1 aliphatic rings. The van der Waals surface area contributed by atoms with Gasteiger partial charge in [-0.2, -0.15) is 5.10 Å². The average Bonchev–Trinajstić information content (AvgIpc) is 3.07. The Morgan fingerprint density at radius 1 is 0.967 bits per heavy atom. The summed E-state index contributed by atoms with van der Waals surface area (Å²) in [4.78, 5) is 17.8. The number of amides is 1. The molecule has 0 bridgehead atoms. The SMILES string of the molecule is CCc1c(C(=O)N2CCCN(Cc3ccccc3)CC2)cnn1-c1ccc(C)cc1. The average molecular weight is 403 g/mol. The summed E-state index contributed by atoms with van der Waals surface area (Å²) in [7, 11) is 0. The highest BCUT2D eigenvalue weighted by atomic mass is 16.2. The van der Waals surface area contributed by atoms with Crippen molar-refractivity contribution in [3.8, 4) is 5.69 Å². The lowest BCUT2D eigenvalue weighted by atomic mass is 10.1. The Bertz CT molecular complexity index is 978. The van der Waals surface area contributed by atoms with Crippen LogP contribution in [0.2, 0.25) is 0 Å². The Balaban J connectivity index is 1.47. The summed E-state index contributed by atoms with van der Waals surface area (Å²) < 4.78 is 1.91. The monoisotopic (exact) mass is 402 g/mol. The van der Waals surface area contributed by atoms with E-state index in [2.05, 4.69) is 78.4 Å².